The summed E-state index contributed by atoms with van der Waals surface area (Å²) in [7, 11) is 3.91. The zero-order valence-corrected chi connectivity index (χ0v) is 26.5. The lowest BCUT2D eigenvalue weighted by Crippen LogP contribution is -2.36. The highest BCUT2D eigenvalue weighted by Crippen LogP contribution is 2.11. The number of aliphatic carboxylic acids is 1. The summed E-state index contributed by atoms with van der Waals surface area (Å²) >= 11 is 5.31. The highest BCUT2D eigenvalue weighted by atomic mass is 32.1. The molecule has 0 aromatic rings. The first-order valence-corrected chi connectivity index (χ1v) is 16.3. The van der Waals surface area contributed by atoms with Gasteiger partial charge in [0.1, 0.15) is 0 Å². The predicted octanol–water partition coefficient (Wildman–Crippen LogP) is 7.17. The summed E-state index contributed by atoms with van der Waals surface area (Å²) in [5.74, 6) is -0.722. The molecule has 0 saturated carbocycles. The van der Waals surface area contributed by atoms with Crippen molar-refractivity contribution >= 4 is 29.3 Å². The van der Waals surface area contributed by atoms with E-state index >= 15 is 0 Å². The molecule has 0 amide bonds. The predicted molar refractivity (Wildman–Crippen MR) is 167 cm³/mol. The molecule has 0 fully saturated rings. The molecule has 2 N–H and O–H groups in total. The van der Waals surface area contributed by atoms with Crippen LogP contribution in [0.2, 0.25) is 0 Å². The summed E-state index contributed by atoms with van der Waals surface area (Å²) in [5.41, 5.74) is 0. The molecule has 0 rings (SSSR count). The van der Waals surface area contributed by atoms with Gasteiger partial charge < -0.3 is 25.0 Å². The van der Waals surface area contributed by atoms with Gasteiger partial charge in [0.25, 0.3) is 0 Å². The quantitative estimate of drug-likeness (QED) is 0.0581. The standard InChI is InChI=1S/C31H61N3O4S/c1-4-5-6-7-8-15-20-28-38-30(37)23-17-12-10-14-19-26-34(27-21-24-32-31(39)33(2)3)25-18-13-9-11-16-22-29(35)36/h4-28H2,1-3H3,(H,32,39)(H,35,36). The van der Waals surface area contributed by atoms with Crippen LogP contribution >= 0.6 is 12.2 Å². The molecule has 0 spiro atoms. The zero-order chi connectivity index (χ0) is 29.0. The smallest absolute Gasteiger partial charge is 0.305 e. The average molecular weight is 572 g/mol. The fraction of sp³-hybridized carbons (Fsp3) is 0.903. The molecule has 7 nitrogen and oxygen atoms in total. The average Bonchev–Trinajstić information content (AvgIpc) is 2.90. The van der Waals surface area contributed by atoms with Crippen molar-refractivity contribution in [1.29, 1.82) is 0 Å². The fourth-order valence-corrected chi connectivity index (χ4v) is 4.69. The van der Waals surface area contributed by atoms with Gasteiger partial charge in [0.15, 0.2) is 5.11 Å². The van der Waals surface area contributed by atoms with Crippen molar-refractivity contribution in [2.75, 3.05) is 46.9 Å². The van der Waals surface area contributed by atoms with Gasteiger partial charge in [-0.25, -0.2) is 0 Å². The van der Waals surface area contributed by atoms with Gasteiger partial charge in [-0.1, -0.05) is 84.0 Å². The third-order valence-corrected chi connectivity index (χ3v) is 7.57. The lowest BCUT2D eigenvalue weighted by Gasteiger charge is -2.23. The fourth-order valence-electron chi connectivity index (χ4n) is 4.59. The van der Waals surface area contributed by atoms with Crippen molar-refractivity contribution in [3.8, 4) is 0 Å². The Hall–Kier alpha value is -1.41. The number of carbonyl (C=O) groups is 2. The number of unbranched alkanes of at least 4 members (excludes halogenated alkanes) is 14. The lowest BCUT2D eigenvalue weighted by atomic mass is 10.1. The first-order valence-electron chi connectivity index (χ1n) is 15.9. The molecule has 8 heteroatoms. The van der Waals surface area contributed by atoms with Crippen LogP contribution in [-0.4, -0.2) is 78.8 Å². The van der Waals surface area contributed by atoms with E-state index < -0.39 is 5.97 Å². The number of esters is 1. The normalized spacial score (nSPS) is 11.1. The summed E-state index contributed by atoms with van der Waals surface area (Å²) < 4.78 is 5.39. The molecule has 0 aromatic carbocycles. The number of thiocarbonyl (C=S) groups is 1. The van der Waals surface area contributed by atoms with Crippen LogP contribution in [0.1, 0.15) is 135 Å². The van der Waals surface area contributed by atoms with E-state index in [0.29, 0.717) is 13.0 Å². The van der Waals surface area contributed by atoms with E-state index in [1.807, 2.05) is 19.0 Å². The highest BCUT2D eigenvalue weighted by molar-refractivity contribution is 7.80. The molecule has 0 saturated heterocycles. The minimum atomic E-state index is -0.692. The minimum Gasteiger partial charge on any atom is -0.481 e. The number of carbonyl (C=O) groups excluding carboxylic acids is 1. The molecule has 0 heterocycles. The molecule has 230 valence electrons. The third kappa shape index (κ3) is 27.9. The topological polar surface area (TPSA) is 82.1 Å². The van der Waals surface area contributed by atoms with Gasteiger partial charge in [-0.15, -0.1) is 0 Å². The molecule has 0 unspecified atom stereocenters. The number of carboxylic acid groups (broad SMARTS) is 1. The first kappa shape index (κ1) is 37.6. The van der Waals surface area contributed by atoms with Gasteiger partial charge in [-0.3, -0.25) is 9.59 Å². The van der Waals surface area contributed by atoms with Crippen LogP contribution in [0.4, 0.5) is 0 Å². The lowest BCUT2D eigenvalue weighted by molar-refractivity contribution is -0.144. The van der Waals surface area contributed by atoms with Crippen LogP contribution in [0.25, 0.3) is 0 Å². The molecule has 0 aliphatic heterocycles. The van der Waals surface area contributed by atoms with Crippen LogP contribution in [0.15, 0.2) is 0 Å². The molecule has 0 aliphatic carbocycles. The van der Waals surface area contributed by atoms with Crippen LogP contribution < -0.4 is 5.32 Å². The zero-order valence-electron chi connectivity index (χ0n) is 25.7. The Morgan fingerprint density at radius 3 is 1.74 bits per heavy atom. The molecular weight excluding hydrogens is 510 g/mol. The highest BCUT2D eigenvalue weighted by Gasteiger charge is 2.07. The van der Waals surface area contributed by atoms with E-state index in [0.717, 1.165) is 89.1 Å². The number of ether oxygens (including phenoxy) is 1. The van der Waals surface area contributed by atoms with Crippen molar-refractivity contribution < 1.29 is 19.4 Å². The van der Waals surface area contributed by atoms with Gasteiger partial charge in [0.05, 0.1) is 6.61 Å². The minimum absolute atomic E-state index is 0.0301. The molecule has 0 aliphatic rings. The van der Waals surface area contributed by atoms with Gasteiger partial charge in [0.2, 0.25) is 0 Å². The Morgan fingerprint density at radius 2 is 1.18 bits per heavy atom. The van der Waals surface area contributed by atoms with Crippen molar-refractivity contribution in [3.05, 3.63) is 0 Å². The second-order valence-electron chi connectivity index (χ2n) is 11.1. The van der Waals surface area contributed by atoms with Crippen LogP contribution in [0, 0.1) is 0 Å². The van der Waals surface area contributed by atoms with Crippen LogP contribution in [0.5, 0.6) is 0 Å². The van der Waals surface area contributed by atoms with Gasteiger partial charge in [-0.05, 0) is 70.4 Å². The number of carboxylic acids is 1. The summed E-state index contributed by atoms with van der Waals surface area (Å²) in [6.07, 6.45) is 21.4. The van der Waals surface area contributed by atoms with Gasteiger partial charge in [-0.2, -0.15) is 0 Å². The first-order chi connectivity index (χ1) is 18.9. The van der Waals surface area contributed by atoms with Gasteiger partial charge in [0, 0.05) is 33.5 Å². The van der Waals surface area contributed by atoms with E-state index in [1.54, 1.807) is 0 Å². The third-order valence-electron chi connectivity index (χ3n) is 7.06. The second-order valence-corrected chi connectivity index (χ2v) is 11.5. The largest absolute Gasteiger partial charge is 0.481 e. The maximum atomic E-state index is 11.9. The van der Waals surface area contributed by atoms with Crippen molar-refractivity contribution in [3.63, 3.8) is 0 Å². The summed E-state index contributed by atoms with van der Waals surface area (Å²) in [5, 5.41) is 12.9. The van der Waals surface area contributed by atoms with Crippen molar-refractivity contribution in [2.45, 2.75) is 135 Å². The Labute approximate surface area is 245 Å². The van der Waals surface area contributed by atoms with Crippen molar-refractivity contribution in [1.82, 2.24) is 15.1 Å². The molecule has 0 radical (unpaired) electrons. The van der Waals surface area contributed by atoms with Gasteiger partial charge >= 0.3 is 11.9 Å². The van der Waals surface area contributed by atoms with Crippen molar-refractivity contribution in [2.24, 2.45) is 0 Å². The van der Waals surface area contributed by atoms with Crippen LogP contribution in [0.3, 0.4) is 0 Å². The molecule has 0 bridgehead atoms. The Bertz CT molecular complexity index is 604. The molecule has 39 heavy (non-hydrogen) atoms. The molecule has 0 aromatic heterocycles. The van der Waals surface area contributed by atoms with E-state index in [-0.39, 0.29) is 12.4 Å². The summed E-state index contributed by atoms with van der Waals surface area (Å²) in [6, 6.07) is 0. The second kappa shape index (κ2) is 28.1. The Balaban J connectivity index is 3.93. The summed E-state index contributed by atoms with van der Waals surface area (Å²) in [4.78, 5) is 27.1. The number of rotatable bonds is 28. The van der Waals surface area contributed by atoms with E-state index in [2.05, 4.69) is 17.1 Å². The Kier molecular flexibility index (Phi) is 27.1. The van der Waals surface area contributed by atoms with Crippen LogP contribution in [-0.2, 0) is 14.3 Å². The SMILES string of the molecule is CCCCCCCCCOC(=O)CCCCCCCN(CCCCCCCC(=O)O)CCCNC(=S)N(C)C. The Morgan fingerprint density at radius 1 is 0.692 bits per heavy atom. The van der Waals surface area contributed by atoms with E-state index in [9.17, 15) is 9.59 Å². The van der Waals surface area contributed by atoms with E-state index in [1.165, 1.54) is 57.8 Å². The molecular formula is C31H61N3O4S. The molecule has 0 atom stereocenters. The number of hydrogen-bond acceptors (Lipinski definition) is 5. The number of hydrogen-bond donors (Lipinski definition) is 2. The number of nitrogens with zero attached hydrogens (tertiary/aromatic N) is 2. The maximum Gasteiger partial charge on any atom is 0.305 e. The summed E-state index contributed by atoms with van der Waals surface area (Å²) in [6.45, 7) is 6.98. The maximum absolute atomic E-state index is 11.9. The monoisotopic (exact) mass is 571 g/mol. The number of nitrogens with one attached hydrogen (secondary N) is 1. The van der Waals surface area contributed by atoms with E-state index in [4.69, 9.17) is 22.1 Å².